The van der Waals surface area contributed by atoms with Crippen molar-refractivity contribution in [2.24, 2.45) is 0 Å². The SMILES string of the molecule is CCOC(=O)C[C@H]1[C@H](Cc2ccccc2)c2cc(C)ccc2N1S(=O)(=O)c1ccc(C)cc1. The van der Waals surface area contributed by atoms with Gasteiger partial charge in [0.1, 0.15) is 0 Å². The fourth-order valence-corrected chi connectivity index (χ4v) is 6.29. The summed E-state index contributed by atoms with van der Waals surface area (Å²) in [5, 5.41) is 0. The van der Waals surface area contributed by atoms with Crippen molar-refractivity contribution in [1.29, 1.82) is 0 Å². The van der Waals surface area contributed by atoms with Crippen LogP contribution >= 0.6 is 0 Å². The third-order valence-electron chi connectivity index (χ3n) is 6.14. The van der Waals surface area contributed by atoms with Crippen molar-refractivity contribution in [3.63, 3.8) is 0 Å². The van der Waals surface area contributed by atoms with E-state index < -0.39 is 22.0 Å². The van der Waals surface area contributed by atoms with Crippen LogP contribution in [0.15, 0.2) is 77.7 Å². The van der Waals surface area contributed by atoms with Gasteiger partial charge in [0.15, 0.2) is 0 Å². The Morgan fingerprint density at radius 3 is 2.27 bits per heavy atom. The molecule has 3 aromatic carbocycles. The topological polar surface area (TPSA) is 63.7 Å². The zero-order chi connectivity index (χ0) is 23.6. The Morgan fingerprint density at radius 2 is 1.61 bits per heavy atom. The van der Waals surface area contributed by atoms with Gasteiger partial charge in [0.25, 0.3) is 10.0 Å². The summed E-state index contributed by atoms with van der Waals surface area (Å²) in [6.45, 7) is 5.93. The highest BCUT2D eigenvalue weighted by atomic mass is 32.2. The molecule has 0 radical (unpaired) electrons. The van der Waals surface area contributed by atoms with E-state index in [2.05, 4.69) is 0 Å². The van der Waals surface area contributed by atoms with Gasteiger partial charge >= 0.3 is 5.97 Å². The van der Waals surface area contributed by atoms with Gasteiger partial charge in [0, 0.05) is 5.92 Å². The second kappa shape index (κ2) is 9.40. The molecular weight excluding hydrogens is 434 g/mol. The van der Waals surface area contributed by atoms with E-state index in [1.54, 1.807) is 31.2 Å². The van der Waals surface area contributed by atoms with Crippen LogP contribution in [-0.4, -0.2) is 27.0 Å². The van der Waals surface area contributed by atoms with Crippen LogP contribution in [0.1, 0.15) is 41.5 Å². The number of carbonyl (C=O) groups excluding carboxylic acids is 1. The van der Waals surface area contributed by atoms with Gasteiger partial charge in [-0.25, -0.2) is 8.42 Å². The van der Waals surface area contributed by atoms with Crippen LogP contribution in [0.4, 0.5) is 5.69 Å². The Balaban J connectivity index is 1.85. The van der Waals surface area contributed by atoms with E-state index in [1.807, 2.05) is 62.4 Å². The lowest BCUT2D eigenvalue weighted by atomic mass is 9.87. The molecule has 2 atom stereocenters. The normalized spacial score (nSPS) is 17.6. The zero-order valence-electron chi connectivity index (χ0n) is 19.2. The van der Waals surface area contributed by atoms with Gasteiger partial charge < -0.3 is 4.74 Å². The fourth-order valence-electron chi connectivity index (χ4n) is 4.58. The molecule has 172 valence electrons. The zero-order valence-corrected chi connectivity index (χ0v) is 20.0. The number of hydrogen-bond acceptors (Lipinski definition) is 4. The number of benzene rings is 3. The maximum Gasteiger partial charge on any atom is 0.307 e. The Hall–Kier alpha value is -3.12. The predicted molar refractivity (Wildman–Crippen MR) is 130 cm³/mol. The van der Waals surface area contributed by atoms with Crippen LogP contribution in [0.2, 0.25) is 0 Å². The van der Waals surface area contributed by atoms with Gasteiger partial charge in [0.2, 0.25) is 0 Å². The molecule has 1 aliphatic heterocycles. The number of sulfonamides is 1. The van der Waals surface area contributed by atoms with Gasteiger partial charge in [-0.1, -0.05) is 65.7 Å². The van der Waals surface area contributed by atoms with Gasteiger partial charge in [0.05, 0.1) is 29.7 Å². The molecule has 1 aliphatic rings. The molecule has 1 heterocycles. The van der Waals surface area contributed by atoms with E-state index in [0.717, 1.165) is 22.3 Å². The molecule has 0 bridgehead atoms. The Bertz CT molecular complexity index is 1240. The van der Waals surface area contributed by atoms with Gasteiger partial charge in [-0.2, -0.15) is 0 Å². The van der Waals surface area contributed by atoms with Crippen molar-refractivity contribution in [3.8, 4) is 0 Å². The number of anilines is 1. The summed E-state index contributed by atoms with van der Waals surface area (Å²) in [5.74, 6) is -0.568. The molecule has 5 nitrogen and oxygen atoms in total. The highest BCUT2D eigenvalue weighted by molar-refractivity contribution is 7.92. The number of esters is 1. The Labute approximate surface area is 196 Å². The molecule has 33 heavy (non-hydrogen) atoms. The minimum absolute atomic E-state index is 0.00976. The molecule has 3 aromatic rings. The molecule has 0 spiro atoms. The number of carbonyl (C=O) groups is 1. The van der Waals surface area contributed by atoms with E-state index >= 15 is 0 Å². The lowest BCUT2D eigenvalue weighted by molar-refractivity contribution is -0.143. The van der Waals surface area contributed by atoms with E-state index in [1.165, 1.54) is 4.31 Å². The van der Waals surface area contributed by atoms with Gasteiger partial charge in [-0.15, -0.1) is 0 Å². The second-order valence-corrected chi connectivity index (χ2v) is 10.4. The lowest BCUT2D eigenvalue weighted by Crippen LogP contribution is -2.41. The van der Waals surface area contributed by atoms with Crippen molar-refractivity contribution >= 4 is 21.7 Å². The van der Waals surface area contributed by atoms with Crippen LogP contribution in [-0.2, 0) is 26.0 Å². The lowest BCUT2D eigenvalue weighted by Gasteiger charge is -2.29. The minimum Gasteiger partial charge on any atom is -0.466 e. The number of aryl methyl sites for hydroxylation is 2. The first-order chi connectivity index (χ1) is 15.8. The predicted octanol–water partition coefficient (Wildman–Crippen LogP) is 5.16. The molecule has 0 aliphatic carbocycles. The standard InChI is InChI=1S/C27H29NO4S/c1-4-32-27(29)18-26-24(17-21-8-6-5-7-9-21)23-16-20(3)12-15-25(23)28(26)33(30,31)22-13-10-19(2)11-14-22/h5-16,24,26H,4,17-18H2,1-3H3/t24-,26+/m1/s1. The molecule has 0 N–H and O–H groups in total. The average Bonchev–Trinajstić information content (AvgIpc) is 3.08. The number of fused-ring (bicyclic) bond motifs is 1. The van der Waals surface area contributed by atoms with Gasteiger partial charge in [-0.05, 0) is 56.5 Å². The highest BCUT2D eigenvalue weighted by Crippen LogP contribution is 2.47. The molecule has 6 heteroatoms. The summed E-state index contributed by atoms with van der Waals surface area (Å²) >= 11 is 0. The summed E-state index contributed by atoms with van der Waals surface area (Å²) in [5.41, 5.74) is 4.71. The molecule has 0 unspecified atom stereocenters. The average molecular weight is 464 g/mol. The third-order valence-corrected chi connectivity index (χ3v) is 8.00. The first kappa shape index (κ1) is 23.1. The maximum absolute atomic E-state index is 13.9. The van der Waals surface area contributed by atoms with E-state index in [-0.39, 0.29) is 23.8 Å². The molecule has 0 aromatic heterocycles. The van der Waals surface area contributed by atoms with E-state index in [0.29, 0.717) is 12.1 Å². The number of nitrogens with zero attached hydrogens (tertiary/aromatic N) is 1. The summed E-state index contributed by atoms with van der Waals surface area (Å²) in [6, 6.07) is 22.1. The van der Waals surface area contributed by atoms with Crippen LogP contribution in [0.25, 0.3) is 0 Å². The number of ether oxygens (including phenoxy) is 1. The molecule has 0 saturated heterocycles. The third kappa shape index (κ3) is 4.67. The summed E-state index contributed by atoms with van der Waals surface area (Å²) in [4.78, 5) is 12.8. The Morgan fingerprint density at radius 1 is 0.939 bits per heavy atom. The monoisotopic (exact) mass is 463 g/mol. The molecule has 0 saturated carbocycles. The highest BCUT2D eigenvalue weighted by Gasteiger charge is 2.45. The molecular formula is C27H29NO4S. The van der Waals surface area contributed by atoms with Crippen molar-refractivity contribution < 1.29 is 17.9 Å². The van der Waals surface area contributed by atoms with Crippen LogP contribution < -0.4 is 4.31 Å². The van der Waals surface area contributed by atoms with E-state index in [4.69, 9.17) is 4.74 Å². The quantitative estimate of drug-likeness (QED) is 0.454. The second-order valence-electron chi connectivity index (χ2n) is 8.55. The largest absolute Gasteiger partial charge is 0.466 e. The molecule has 0 fully saturated rings. The minimum atomic E-state index is -3.89. The Kier molecular flexibility index (Phi) is 6.56. The van der Waals surface area contributed by atoms with Crippen molar-refractivity contribution in [3.05, 3.63) is 95.1 Å². The van der Waals surface area contributed by atoms with Crippen molar-refractivity contribution in [1.82, 2.24) is 0 Å². The molecule has 4 rings (SSSR count). The van der Waals surface area contributed by atoms with Crippen LogP contribution in [0, 0.1) is 13.8 Å². The smallest absolute Gasteiger partial charge is 0.307 e. The summed E-state index contributed by atoms with van der Waals surface area (Å²) < 4.78 is 34.5. The van der Waals surface area contributed by atoms with Crippen LogP contribution in [0.5, 0.6) is 0 Å². The molecule has 0 amide bonds. The summed E-state index contributed by atoms with van der Waals surface area (Å²) in [6.07, 6.45) is 0.617. The van der Waals surface area contributed by atoms with Crippen LogP contribution in [0.3, 0.4) is 0 Å². The number of hydrogen-bond donors (Lipinski definition) is 0. The first-order valence-corrected chi connectivity index (χ1v) is 12.7. The number of rotatable bonds is 7. The fraction of sp³-hybridized carbons (Fsp3) is 0.296. The van der Waals surface area contributed by atoms with Crippen molar-refractivity contribution in [2.45, 2.75) is 50.5 Å². The van der Waals surface area contributed by atoms with Crippen molar-refractivity contribution in [2.75, 3.05) is 10.9 Å². The maximum atomic E-state index is 13.9. The van der Waals surface area contributed by atoms with E-state index in [9.17, 15) is 13.2 Å². The first-order valence-electron chi connectivity index (χ1n) is 11.2. The van der Waals surface area contributed by atoms with Gasteiger partial charge in [-0.3, -0.25) is 9.10 Å². The summed E-state index contributed by atoms with van der Waals surface area (Å²) in [7, 11) is -3.89.